The summed E-state index contributed by atoms with van der Waals surface area (Å²) in [6.07, 6.45) is 5.32. The number of rotatable bonds is 9. The van der Waals surface area contributed by atoms with Gasteiger partial charge in [0.15, 0.2) is 0 Å². The SMILES string of the molecule is CSc1cc(C)[nH]c(=O)c1CNC(=O)c1c(C)n(C(C)C2CCC(N3CC(OC(F)F)C3)CC2)c2cc(F)ccc12. The molecule has 41 heavy (non-hydrogen) atoms. The standard InChI is InChI=1S/C30H37F3N4O3S/c1-16-11-26(41-4)24(28(38)35-16)13-34-29(39)27-18(3)37(25-12-20(31)7-10-23(25)27)17(2)19-5-8-21(9-6-19)36-14-22(15-36)40-30(32)33/h7,10-12,17,19,21-22,30H,5-6,8-9,13-15H2,1-4H3,(H,34,39)(H,35,38). The number of ether oxygens (including phenoxy) is 1. The molecule has 1 unspecified atom stereocenters. The van der Waals surface area contributed by atoms with Gasteiger partial charge in [0.25, 0.3) is 11.5 Å². The lowest BCUT2D eigenvalue weighted by atomic mass is 9.80. The van der Waals surface area contributed by atoms with Gasteiger partial charge in [-0.2, -0.15) is 8.78 Å². The zero-order valence-electron chi connectivity index (χ0n) is 23.8. The molecule has 1 aliphatic heterocycles. The maximum atomic E-state index is 14.5. The van der Waals surface area contributed by atoms with Gasteiger partial charge in [-0.3, -0.25) is 14.5 Å². The molecular formula is C30H37F3N4O3S. The van der Waals surface area contributed by atoms with Gasteiger partial charge < -0.3 is 19.6 Å². The Hall–Kier alpha value is -2.76. The van der Waals surface area contributed by atoms with Crippen molar-refractivity contribution < 1.29 is 22.7 Å². The summed E-state index contributed by atoms with van der Waals surface area (Å²) in [7, 11) is 0. The molecule has 2 fully saturated rings. The van der Waals surface area contributed by atoms with E-state index in [1.54, 1.807) is 6.07 Å². The summed E-state index contributed by atoms with van der Waals surface area (Å²) in [6.45, 7) is 4.27. The molecule has 7 nitrogen and oxygen atoms in total. The van der Waals surface area contributed by atoms with Gasteiger partial charge in [-0.1, -0.05) is 0 Å². The molecule has 2 N–H and O–H groups in total. The number of aromatic nitrogens is 2. The number of hydrogen-bond donors (Lipinski definition) is 2. The van der Waals surface area contributed by atoms with E-state index in [9.17, 15) is 22.8 Å². The van der Waals surface area contributed by atoms with Gasteiger partial charge >= 0.3 is 6.61 Å². The molecule has 2 aromatic heterocycles. The average Bonchev–Trinajstić information content (AvgIpc) is 3.19. The van der Waals surface area contributed by atoms with Crippen molar-refractivity contribution >= 4 is 28.6 Å². The molecule has 5 rings (SSSR count). The number of hydrogen-bond acceptors (Lipinski definition) is 5. The number of amides is 1. The molecule has 11 heteroatoms. The van der Waals surface area contributed by atoms with Crippen molar-refractivity contribution in [3.05, 3.63) is 63.0 Å². The minimum Gasteiger partial charge on any atom is -0.348 e. The number of carbonyl (C=O) groups excluding carboxylic acids is 1. The number of fused-ring (bicyclic) bond motifs is 1. The average molecular weight is 591 g/mol. The predicted molar refractivity (Wildman–Crippen MR) is 154 cm³/mol. The Morgan fingerprint density at radius 3 is 2.54 bits per heavy atom. The Morgan fingerprint density at radius 2 is 1.88 bits per heavy atom. The number of carbonyl (C=O) groups is 1. The smallest absolute Gasteiger partial charge is 0.345 e. The van der Waals surface area contributed by atoms with Crippen LogP contribution < -0.4 is 10.9 Å². The molecule has 3 aromatic rings. The molecule has 1 atom stereocenters. The van der Waals surface area contributed by atoms with E-state index in [4.69, 9.17) is 0 Å². The number of nitrogens with one attached hydrogen (secondary N) is 2. The van der Waals surface area contributed by atoms with Crippen molar-refractivity contribution in [2.45, 2.75) is 82.7 Å². The second-order valence-corrected chi connectivity index (χ2v) is 12.1. The number of pyridine rings is 1. The molecule has 222 valence electrons. The van der Waals surface area contributed by atoms with Crippen LogP contribution in [0.5, 0.6) is 0 Å². The Bertz CT molecular complexity index is 1480. The number of H-pyrrole nitrogens is 1. The fourth-order valence-corrected chi connectivity index (χ4v) is 7.38. The molecule has 1 saturated heterocycles. The Morgan fingerprint density at radius 1 is 1.17 bits per heavy atom. The van der Waals surface area contributed by atoms with Crippen LogP contribution in [0.4, 0.5) is 13.2 Å². The van der Waals surface area contributed by atoms with E-state index in [-0.39, 0.29) is 29.9 Å². The first kappa shape index (κ1) is 29.7. The van der Waals surface area contributed by atoms with Crippen molar-refractivity contribution in [3.63, 3.8) is 0 Å². The van der Waals surface area contributed by atoms with Crippen LogP contribution in [0.25, 0.3) is 10.9 Å². The summed E-state index contributed by atoms with van der Waals surface area (Å²) in [5.41, 5.74) is 2.96. The molecule has 2 aliphatic rings. The fourth-order valence-electron chi connectivity index (χ4n) is 6.68. The van der Waals surface area contributed by atoms with Gasteiger partial charge in [-0.05, 0) is 82.9 Å². The van der Waals surface area contributed by atoms with E-state index in [2.05, 4.69) is 31.4 Å². The Labute approximate surface area is 241 Å². The quantitative estimate of drug-likeness (QED) is 0.309. The maximum absolute atomic E-state index is 14.5. The van der Waals surface area contributed by atoms with Crippen LogP contribution in [0.2, 0.25) is 0 Å². The first-order valence-electron chi connectivity index (χ1n) is 14.1. The molecule has 0 spiro atoms. The highest BCUT2D eigenvalue weighted by Gasteiger charge is 2.38. The van der Waals surface area contributed by atoms with E-state index in [1.807, 2.05) is 26.2 Å². The van der Waals surface area contributed by atoms with Crippen LogP contribution in [0.1, 0.15) is 66.0 Å². The second kappa shape index (κ2) is 12.2. The molecular weight excluding hydrogens is 553 g/mol. The van der Waals surface area contributed by atoms with Crippen LogP contribution >= 0.6 is 11.8 Å². The van der Waals surface area contributed by atoms with Crippen molar-refractivity contribution in [1.29, 1.82) is 0 Å². The van der Waals surface area contributed by atoms with Crippen molar-refractivity contribution in [2.24, 2.45) is 5.92 Å². The highest BCUT2D eigenvalue weighted by Crippen LogP contribution is 2.40. The van der Waals surface area contributed by atoms with Crippen molar-refractivity contribution in [1.82, 2.24) is 19.8 Å². The van der Waals surface area contributed by atoms with E-state index in [0.29, 0.717) is 47.1 Å². The predicted octanol–water partition coefficient (Wildman–Crippen LogP) is 5.78. The maximum Gasteiger partial charge on any atom is 0.345 e. The molecule has 1 saturated carbocycles. The number of halogens is 3. The summed E-state index contributed by atoms with van der Waals surface area (Å²) >= 11 is 1.46. The molecule has 3 heterocycles. The van der Waals surface area contributed by atoms with Crippen LogP contribution in [-0.2, 0) is 11.3 Å². The summed E-state index contributed by atoms with van der Waals surface area (Å²) in [6, 6.07) is 6.78. The molecule has 1 aromatic carbocycles. The zero-order valence-corrected chi connectivity index (χ0v) is 24.6. The number of thioether (sulfide) groups is 1. The van der Waals surface area contributed by atoms with E-state index in [0.717, 1.165) is 42.0 Å². The van der Waals surface area contributed by atoms with Crippen LogP contribution in [0, 0.1) is 25.6 Å². The summed E-state index contributed by atoms with van der Waals surface area (Å²) in [5, 5.41) is 3.61. The van der Waals surface area contributed by atoms with Crippen LogP contribution in [0.3, 0.4) is 0 Å². The monoisotopic (exact) mass is 590 g/mol. The zero-order chi connectivity index (χ0) is 29.4. The third-order valence-electron chi connectivity index (χ3n) is 8.83. The number of nitrogens with zero attached hydrogens (tertiary/aromatic N) is 2. The van der Waals surface area contributed by atoms with Crippen molar-refractivity contribution in [2.75, 3.05) is 19.3 Å². The lowest BCUT2D eigenvalue weighted by Gasteiger charge is -2.46. The Balaban J connectivity index is 1.33. The third-order valence-corrected chi connectivity index (χ3v) is 9.64. The van der Waals surface area contributed by atoms with Crippen LogP contribution in [0.15, 0.2) is 34.0 Å². The van der Waals surface area contributed by atoms with Gasteiger partial charge in [-0.25, -0.2) is 4.39 Å². The first-order chi connectivity index (χ1) is 19.6. The first-order valence-corrected chi connectivity index (χ1v) is 15.3. The lowest BCUT2D eigenvalue weighted by molar-refractivity contribution is -0.202. The van der Waals surface area contributed by atoms with E-state index in [1.165, 1.54) is 23.9 Å². The molecule has 1 aliphatic carbocycles. The number of benzene rings is 1. The van der Waals surface area contributed by atoms with Gasteiger partial charge in [0.05, 0.1) is 17.2 Å². The summed E-state index contributed by atoms with van der Waals surface area (Å²) in [4.78, 5) is 32.0. The number of aromatic amines is 1. The van der Waals surface area contributed by atoms with Gasteiger partial charge in [0, 0.05) is 59.0 Å². The lowest BCUT2D eigenvalue weighted by Crippen LogP contribution is -2.57. The van der Waals surface area contributed by atoms with Crippen molar-refractivity contribution in [3.8, 4) is 0 Å². The molecule has 0 radical (unpaired) electrons. The highest BCUT2D eigenvalue weighted by molar-refractivity contribution is 7.98. The van der Waals surface area contributed by atoms with Gasteiger partial charge in [0.1, 0.15) is 5.82 Å². The van der Waals surface area contributed by atoms with Gasteiger partial charge in [0.2, 0.25) is 0 Å². The van der Waals surface area contributed by atoms with Gasteiger partial charge in [-0.15, -0.1) is 11.8 Å². The second-order valence-electron chi connectivity index (χ2n) is 11.3. The van der Waals surface area contributed by atoms with Crippen LogP contribution in [-0.4, -0.2) is 58.5 Å². The highest BCUT2D eigenvalue weighted by atomic mass is 32.2. The summed E-state index contributed by atoms with van der Waals surface area (Å²) in [5.74, 6) is -0.350. The minimum atomic E-state index is -2.73. The minimum absolute atomic E-state index is 0.0242. The molecule has 1 amide bonds. The topological polar surface area (TPSA) is 79.4 Å². The Kier molecular flexibility index (Phi) is 8.87. The molecule has 0 bridgehead atoms. The number of alkyl halides is 2. The van der Waals surface area contributed by atoms with E-state index >= 15 is 0 Å². The largest absolute Gasteiger partial charge is 0.348 e. The van der Waals surface area contributed by atoms with E-state index < -0.39 is 12.7 Å². The fraction of sp³-hybridized carbons (Fsp3) is 0.533. The summed E-state index contributed by atoms with van der Waals surface area (Å²) < 4.78 is 46.1. The third kappa shape index (κ3) is 6.08. The normalized spacial score (nSPS) is 20.9. The number of aryl methyl sites for hydroxylation is 1. The number of likely N-dealkylation sites (tertiary alicyclic amines) is 1.